The van der Waals surface area contributed by atoms with Crippen LogP contribution in [0.4, 0.5) is 0 Å². The van der Waals surface area contributed by atoms with Crippen molar-refractivity contribution in [1.29, 1.82) is 0 Å². The van der Waals surface area contributed by atoms with Gasteiger partial charge < -0.3 is 10.4 Å². The van der Waals surface area contributed by atoms with Crippen LogP contribution in [-0.4, -0.2) is 17.6 Å². The second-order valence-corrected chi connectivity index (χ2v) is 6.35. The van der Waals surface area contributed by atoms with E-state index in [0.29, 0.717) is 11.5 Å². The molecule has 0 fully saturated rings. The van der Waals surface area contributed by atoms with Gasteiger partial charge in [0.05, 0.1) is 5.56 Å². The first-order valence-corrected chi connectivity index (χ1v) is 6.72. The van der Waals surface area contributed by atoms with Gasteiger partial charge in [0.2, 0.25) is 0 Å². The lowest BCUT2D eigenvalue weighted by atomic mass is 9.81. The predicted molar refractivity (Wildman–Crippen MR) is 71.6 cm³/mol. The first-order chi connectivity index (χ1) is 7.83. The minimum absolute atomic E-state index is 0.257. The van der Waals surface area contributed by atoms with Crippen molar-refractivity contribution >= 4 is 17.3 Å². The highest BCUT2D eigenvalue weighted by Gasteiger charge is 2.21. The van der Waals surface area contributed by atoms with Crippen molar-refractivity contribution in [2.45, 2.75) is 34.2 Å². The second-order valence-electron chi connectivity index (χ2n) is 5.35. The van der Waals surface area contributed by atoms with E-state index in [0.717, 1.165) is 18.0 Å². The maximum atomic E-state index is 10.7. The number of carbonyl (C=O) groups is 1. The molecule has 1 heterocycles. The Morgan fingerprint density at radius 1 is 1.53 bits per heavy atom. The zero-order chi connectivity index (χ0) is 13.1. The van der Waals surface area contributed by atoms with E-state index in [1.54, 1.807) is 11.4 Å². The molecule has 0 radical (unpaired) electrons. The third kappa shape index (κ3) is 4.13. The highest BCUT2D eigenvalue weighted by Crippen LogP contribution is 2.25. The Morgan fingerprint density at radius 3 is 2.65 bits per heavy atom. The second kappa shape index (κ2) is 5.65. The fourth-order valence-corrected chi connectivity index (χ4v) is 2.13. The van der Waals surface area contributed by atoms with Gasteiger partial charge in [-0.1, -0.05) is 27.7 Å². The number of thiophene rings is 1. The molecule has 0 unspecified atom stereocenters. The van der Waals surface area contributed by atoms with Crippen molar-refractivity contribution in [2.24, 2.45) is 11.3 Å². The maximum Gasteiger partial charge on any atom is 0.336 e. The van der Waals surface area contributed by atoms with Crippen molar-refractivity contribution in [2.75, 3.05) is 6.54 Å². The van der Waals surface area contributed by atoms with Crippen LogP contribution in [0.2, 0.25) is 0 Å². The Bertz CT molecular complexity index is 383. The van der Waals surface area contributed by atoms with E-state index < -0.39 is 5.97 Å². The summed E-state index contributed by atoms with van der Waals surface area (Å²) in [7, 11) is 0. The number of rotatable bonds is 6. The summed E-state index contributed by atoms with van der Waals surface area (Å²) in [5, 5.41) is 13.9. The molecule has 1 aromatic rings. The van der Waals surface area contributed by atoms with E-state index in [2.05, 4.69) is 33.0 Å². The number of aromatic carboxylic acids is 1. The van der Waals surface area contributed by atoms with Crippen molar-refractivity contribution in [3.05, 3.63) is 21.9 Å². The lowest BCUT2D eigenvalue weighted by Crippen LogP contribution is -2.32. The minimum Gasteiger partial charge on any atom is -0.478 e. The van der Waals surface area contributed by atoms with E-state index in [9.17, 15) is 4.79 Å². The van der Waals surface area contributed by atoms with Crippen molar-refractivity contribution in [3.8, 4) is 0 Å². The molecule has 0 aliphatic heterocycles. The summed E-state index contributed by atoms with van der Waals surface area (Å²) in [6.07, 6.45) is 0. The molecular formula is C13H21NO2S. The first-order valence-electron chi connectivity index (χ1n) is 5.84. The van der Waals surface area contributed by atoms with Crippen LogP contribution < -0.4 is 5.32 Å². The largest absolute Gasteiger partial charge is 0.478 e. The van der Waals surface area contributed by atoms with Gasteiger partial charge in [0, 0.05) is 23.3 Å². The van der Waals surface area contributed by atoms with Gasteiger partial charge in [-0.05, 0) is 17.4 Å². The summed E-state index contributed by atoms with van der Waals surface area (Å²) in [5.41, 5.74) is 0.641. The summed E-state index contributed by atoms with van der Waals surface area (Å²) >= 11 is 1.49. The molecule has 0 bridgehead atoms. The van der Waals surface area contributed by atoms with Crippen LogP contribution in [0.3, 0.4) is 0 Å². The zero-order valence-electron chi connectivity index (χ0n) is 10.9. The third-order valence-electron chi connectivity index (χ3n) is 3.34. The van der Waals surface area contributed by atoms with Crippen molar-refractivity contribution < 1.29 is 9.90 Å². The number of hydrogen-bond donors (Lipinski definition) is 2. The molecule has 0 aromatic carbocycles. The number of nitrogens with one attached hydrogen (secondary N) is 1. The maximum absolute atomic E-state index is 10.7. The van der Waals surface area contributed by atoms with Crippen LogP contribution in [-0.2, 0) is 6.54 Å². The molecule has 0 saturated heterocycles. The van der Waals surface area contributed by atoms with E-state index in [4.69, 9.17) is 5.11 Å². The van der Waals surface area contributed by atoms with Crippen LogP contribution in [0.5, 0.6) is 0 Å². The van der Waals surface area contributed by atoms with Gasteiger partial charge in [0.25, 0.3) is 0 Å². The monoisotopic (exact) mass is 255 g/mol. The molecule has 0 atom stereocenters. The summed E-state index contributed by atoms with van der Waals surface area (Å²) in [5.74, 6) is -0.233. The van der Waals surface area contributed by atoms with Gasteiger partial charge in [-0.3, -0.25) is 0 Å². The Labute approximate surface area is 107 Å². The Morgan fingerprint density at radius 2 is 2.18 bits per heavy atom. The molecule has 0 aliphatic carbocycles. The molecule has 4 heteroatoms. The molecule has 0 spiro atoms. The molecule has 2 N–H and O–H groups in total. The molecular weight excluding hydrogens is 234 g/mol. The van der Waals surface area contributed by atoms with Crippen LogP contribution in [0.15, 0.2) is 11.4 Å². The van der Waals surface area contributed by atoms with Gasteiger partial charge in [-0.25, -0.2) is 4.79 Å². The van der Waals surface area contributed by atoms with Crippen molar-refractivity contribution in [3.63, 3.8) is 0 Å². The number of carboxylic acid groups (broad SMARTS) is 1. The van der Waals surface area contributed by atoms with Crippen LogP contribution >= 0.6 is 11.3 Å². The topological polar surface area (TPSA) is 49.3 Å². The Hall–Kier alpha value is -0.870. The van der Waals surface area contributed by atoms with Gasteiger partial charge in [-0.2, -0.15) is 0 Å². The number of carboxylic acids is 1. The smallest absolute Gasteiger partial charge is 0.336 e. The van der Waals surface area contributed by atoms with Crippen LogP contribution in [0, 0.1) is 11.3 Å². The quantitative estimate of drug-likeness (QED) is 0.820. The van der Waals surface area contributed by atoms with E-state index in [1.165, 1.54) is 11.3 Å². The van der Waals surface area contributed by atoms with Crippen LogP contribution in [0.1, 0.15) is 42.9 Å². The molecule has 3 nitrogen and oxygen atoms in total. The van der Waals surface area contributed by atoms with Gasteiger partial charge in [0.15, 0.2) is 0 Å². The van der Waals surface area contributed by atoms with Gasteiger partial charge in [0.1, 0.15) is 0 Å². The lowest BCUT2D eigenvalue weighted by molar-refractivity contribution is 0.0697. The summed E-state index contributed by atoms with van der Waals surface area (Å²) in [6.45, 7) is 10.6. The van der Waals surface area contributed by atoms with E-state index in [1.807, 2.05) is 0 Å². The predicted octanol–water partition coefficient (Wildman–Crippen LogP) is 3.22. The molecule has 0 aliphatic rings. The third-order valence-corrected chi connectivity index (χ3v) is 4.28. The minimum atomic E-state index is -0.852. The van der Waals surface area contributed by atoms with Gasteiger partial charge in [-0.15, -0.1) is 11.3 Å². The van der Waals surface area contributed by atoms with Crippen molar-refractivity contribution in [1.82, 2.24) is 5.32 Å². The fourth-order valence-electron chi connectivity index (χ4n) is 1.30. The molecule has 1 rings (SSSR count). The SMILES string of the molecule is CC(C)C(C)(C)CNCc1cc(C(=O)O)cs1. The summed E-state index contributed by atoms with van der Waals surface area (Å²) < 4.78 is 0. The summed E-state index contributed by atoms with van der Waals surface area (Å²) in [6, 6.07) is 1.74. The highest BCUT2D eigenvalue weighted by atomic mass is 32.1. The molecule has 0 saturated carbocycles. The molecule has 17 heavy (non-hydrogen) atoms. The normalized spacial score (nSPS) is 12.1. The number of hydrogen-bond acceptors (Lipinski definition) is 3. The highest BCUT2D eigenvalue weighted by molar-refractivity contribution is 7.10. The molecule has 96 valence electrons. The fraction of sp³-hybridized carbons (Fsp3) is 0.615. The zero-order valence-corrected chi connectivity index (χ0v) is 11.7. The van der Waals surface area contributed by atoms with Gasteiger partial charge >= 0.3 is 5.97 Å². The summed E-state index contributed by atoms with van der Waals surface area (Å²) in [4.78, 5) is 11.8. The van der Waals surface area contributed by atoms with E-state index >= 15 is 0 Å². The lowest BCUT2D eigenvalue weighted by Gasteiger charge is -2.29. The Balaban J connectivity index is 2.43. The molecule has 0 amide bonds. The standard InChI is InChI=1S/C13H21NO2S/c1-9(2)13(3,4)8-14-6-11-5-10(7-17-11)12(15)16/h5,7,9,14H,6,8H2,1-4H3,(H,15,16). The average Bonchev–Trinajstić information content (AvgIpc) is 2.66. The average molecular weight is 255 g/mol. The van der Waals surface area contributed by atoms with E-state index in [-0.39, 0.29) is 5.41 Å². The Kier molecular flexibility index (Phi) is 4.71. The molecule has 1 aromatic heterocycles. The van der Waals surface area contributed by atoms with Crippen LogP contribution in [0.25, 0.3) is 0 Å². The first kappa shape index (κ1) is 14.2.